The zero-order chi connectivity index (χ0) is 14.9. The summed E-state index contributed by atoms with van der Waals surface area (Å²) in [5.74, 6) is -0.960. The summed E-state index contributed by atoms with van der Waals surface area (Å²) < 4.78 is 36.8. The number of nitro benzene ring substituents is 1. The maximum atomic E-state index is 13.4. The van der Waals surface area contributed by atoms with Crippen molar-refractivity contribution in [1.82, 2.24) is 9.55 Å². The van der Waals surface area contributed by atoms with Crippen molar-refractivity contribution < 1.29 is 17.7 Å². The summed E-state index contributed by atoms with van der Waals surface area (Å²) in [6, 6.07) is 3.42. The molecule has 0 saturated carbocycles. The minimum absolute atomic E-state index is 0.105. The monoisotopic (exact) mass is 319 g/mol. The van der Waals surface area contributed by atoms with E-state index in [0.29, 0.717) is 5.56 Å². The third-order valence-electron chi connectivity index (χ3n) is 2.43. The largest absolute Gasteiger partial charge is 0.332 e. The molecule has 106 valence electrons. The molecule has 0 aliphatic heterocycles. The standard InChI is InChI=1S/C10H7ClFN3O4S/c11-20(18,19)10-5-14(6-13-10)4-7-1-2-9(15(16)17)8(12)3-7/h1-3,5-6H,4H2. The Kier molecular flexibility index (Phi) is 3.73. The summed E-state index contributed by atoms with van der Waals surface area (Å²) in [7, 11) is 1.19. The Balaban J connectivity index is 2.25. The maximum absolute atomic E-state index is 13.4. The first-order valence-electron chi connectivity index (χ1n) is 5.16. The SMILES string of the molecule is O=[N+]([O-])c1ccc(Cn2cnc(S(=O)(=O)Cl)c2)cc1F. The number of halogens is 2. The van der Waals surface area contributed by atoms with Crippen molar-refractivity contribution in [2.75, 3.05) is 0 Å². The first-order valence-corrected chi connectivity index (χ1v) is 7.47. The van der Waals surface area contributed by atoms with E-state index in [1.54, 1.807) is 0 Å². The van der Waals surface area contributed by atoms with Gasteiger partial charge in [-0.2, -0.15) is 4.39 Å². The van der Waals surface area contributed by atoms with Gasteiger partial charge in [0.1, 0.15) is 0 Å². The maximum Gasteiger partial charge on any atom is 0.304 e. The van der Waals surface area contributed by atoms with Crippen LogP contribution in [0.4, 0.5) is 10.1 Å². The van der Waals surface area contributed by atoms with E-state index in [-0.39, 0.29) is 11.6 Å². The first kappa shape index (κ1) is 14.4. The summed E-state index contributed by atoms with van der Waals surface area (Å²) in [5.41, 5.74) is -0.201. The van der Waals surface area contributed by atoms with Crippen LogP contribution in [0.2, 0.25) is 0 Å². The van der Waals surface area contributed by atoms with E-state index in [9.17, 15) is 22.9 Å². The molecule has 1 heterocycles. The van der Waals surface area contributed by atoms with Crippen molar-refractivity contribution in [2.24, 2.45) is 0 Å². The third kappa shape index (κ3) is 3.11. The van der Waals surface area contributed by atoms with Crippen LogP contribution in [-0.2, 0) is 15.6 Å². The van der Waals surface area contributed by atoms with Crippen molar-refractivity contribution in [2.45, 2.75) is 11.6 Å². The molecule has 0 unspecified atom stereocenters. The van der Waals surface area contributed by atoms with Crippen molar-refractivity contribution >= 4 is 25.4 Å². The second-order valence-corrected chi connectivity index (χ2v) is 6.38. The molecule has 7 nitrogen and oxygen atoms in total. The lowest BCUT2D eigenvalue weighted by atomic mass is 10.2. The average Bonchev–Trinajstić information content (AvgIpc) is 2.76. The van der Waals surface area contributed by atoms with Gasteiger partial charge in [-0.15, -0.1) is 0 Å². The lowest BCUT2D eigenvalue weighted by molar-refractivity contribution is -0.387. The lowest BCUT2D eigenvalue weighted by Crippen LogP contribution is -1.99. The Morgan fingerprint density at radius 2 is 2.15 bits per heavy atom. The highest BCUT2D eigenvalue weighted by molar-refractivity contribution is 8.13. The number of nitro groups is 1. The number of rotatable bonds is 4. The molecule has 0 radical (unpaired) electrons. The molecule has 0 fully saturated rings. The number of benzene rings is 1. The van der Waals surface area contributed by atoms with Crippen molar-refractivity contribution in [3.05, 3.63) is 52.2 Å². The second kappa shape index (κ2) is 5.17. The molecule has 0 aliphatic carbocycles. The zero-order valence-electron chi connectivity index (χ0n) is 9.73. The van der Waals surface area contributed by atoms with Gasteiger partial charge in [-0.1, -0.05) is 6.07 Å². The highest BCUT2D eigenvalue weighted by Crippen LogP contribution is 2.19. The molecule has 2 aromatic rings. The first-order chi connectivity index (χ1) is 9.27. The molecular formula is C10H7ClFN3O4S. The molecule has 1 aromatic carbocycles. The van der Waals surface area contributed by atoms with E-state index in [0.717, 1.165) is 12.1 Å². The number of imidazole rings is 1. The van der Waals surface area contributed by atoms with Crippen LogP contribution >= 0.6 is 10.7 Å². The van der Waals surface area contributed by atoms with E-state index in [4.69, 9.17) is 10.7 Å². The molecule has 2 rings (SSSR count). The van der Waals surface area contributed by atoms with E-state index in [1.165, 1.54) is 23.2 Å². The fraction of sp³-hybridized carbons (Fsp3) is 0.100. The molecule has 20 heavy (non-hydrogen) atoms. The van der Waals surface area contributed by atoms with Gasteiger partial charge in [-0.05, 0) is 11.6 Å². The topological polar surface area (TPSA) is 95.1 Å². The van der Waals surface area contributed by atoms with Gasteiger partial charge in [0.15, 0.2) is 5.03 Å². The van der Waals surface area contributed by atoms with Gasteiger partial charge in [0.2, 0.25) is 5.82 Å². The van der Waals surface area contributed by atoms with Gasteiger partial charge in [0.25, 0.3) is 9.05 Å². The summed E-state index contributed by atoms with van der Waals surface area (Å²) in [6.07, 6.45) is 2.40. The van der Waals surface area contributed by atoms with Crippen molar-refractivity contribution in [1.29, 1.82) is 0 Å². The van der Waals surface area contributed by atoms with Gasteiger partial charge in [0.05, 0.1) is 11.3 Å². The fourth-order valence-electron chi connectivity index (χ4n) is 1.56. The molecule has 1 aromatic heterocycles. The summed E-state index contributed by atoms with van der Waals surface area (Å²) in [5, 5.41) is 10.2. The highest BCUT2D eigenvalue weighted by Gasteiger charge is 2.15. The van der Waals surface area contributed by atoms with E-state index in [1.807, 2.05) is 0 Å². The van der Waals surface area contributed by atoms with Crippen LogP contribution in [0.15, 0.2) is 35.7 Å². The minimum atomic E-state index is -3.92. The van der Waals surface area contributed by atoms with Gasteiger partial charge < -0.3 is 4.57 Å². The zero-order valence-corrected chi connectivity index (χ0v) is 11.3. The minimum Gasteiger partial charge on any atom is -0.332 e. The molecule has 0 N–H and O–H groups in total. The number of hydrogen-bond donors (Lipinski definition) is 0. The van der Waals surface area contributed by atoms with Gasteiger partial charge >= 0.3 is 5.69 Å². The van der Waals surface area contributed by atoms with Crippen LogP contribution in [0.5, 0.6) is 0 Å². The Labute approximate surface area is 117 Å². The van der Waals surface area contributed by atoms with E-state index in [2.05, 4.69) is 4.98 Å². The quantitative estimate of drug-likeness (QED) is 0.487. The normalized spacial score (nSPS) is 11.5. The number of hydrogen-bond acceptors (Lipinski definition) is 5. The Morgan fingerprint density at radius 1 is 1.45 bits per heavy atom. The third-order valence-corrected chi connectivity index (χ3v) is 3.62. The summed E-state index contributed by atoms with van der Waals surface area (Å²) in [4.78, 5) is 13.2. The number of nitrogens with zero attached hydrogens (tertiary/aromatic N) is 3. The molecule has 0 atom stereocenters. The lowest BCUT2D eigenvalue weighted by Gasteiger charge is -2.02. The van der Waals surface area contributed by atoms with Gasteiger partial charge in [0, 0.05) is 29.5 Å². The smallest absolute Gasteiger partial charge is 0.304 e. The van der Waals surface area contributed by atoms with Gasteiger partial charge in [-0.25, -0.2) is 13.4 Å². The van der Waals surface area contributed by atoms with Crippen LogP contribution in [0.3, 0.4) is 0 Å². The van der Waals surface area contributed by atoms with Crippen LogP contribution in [-0.4, -0.2) is 22.9 Å². The molecule has 0 amide bonds. The predicted molar refractivity (Wildman–Crippen MR) is 67.4 cm³/mol. The number of aromatic nitrogens is 2. The van der Waals surface area contributed by atoms with Crippen molar-refractivity contribution in [3.63, 3.8) is 0 Å². The molecule has 0 saturated heterocycles. The average molecular weight is 320 g/mol. The Bertz CT molecular complexity index is 775. The van der Waals surface area contributed by atoms with Crippen molar-refractivity contribution in [3.8, 4) is 0 Å². The van der Waals surface area contributed by atoms with Crippen LogP contribution in [0.25, 0.3) is 0 Å². The summed E-state index contributed by atoms with van der Waals surface area (Å²) >= 11 is 0. The predicted octanol–water partition coefficient (Wildman–Crippen LogP) is 1.91. The molecule has 0 spiro atoms. The molecular weight excluding hydrogens is 313 g/mol. The molecule has 10 heteroatoms. The molecule has 0 bridgehead atoms. The van der Waals surface area contributed by atoms with Gasteiger partial charge in [-0.3, -0.25) is 10.1 Å². The van der Waals surface area contributed by atoms with E-state index < -0.39 is 25.5 Å². The van der Waals surface area contributed by atoms with Crippen LogP contribution in [0.1, 0.15) is 5.56 Å². The second-order valence-electron chi connectivity index (χ2n) is 3.86. The Hall–Kier alpha value is -2.00. The van der Waals surface area contributed by atoms with Crippen LogP contribution in [0, 0.1) is 15.9 Å². The highest BCUT2D eigenvalue weighted by atomic mass is 35.7. The van der Waals surface area contributed by atoms with Crippen LogP contribution < -0.4 is 0 Å². The Morgan fingerprint density at radius 3 is 2.65 bits per heavy atom. The van der Waals surface area contributed by atoms with E-state index >= 15 is 0 Å². The molecule has 0 aliphatic rings. The summed E-state index contributed by atoms with van der Waals surface area (Å²) in [6.45, 7) is 0.105. The fourth-order valence-corrected chi connectivity index (χ4v) is 2.23.